The summed E-state index contributed by atoms with van der Waals surface area (Å²) in [5, 5.41) is 7.22. The van der Waals surface area contributed by atoms with Crippen LogP contribution in [0, 0.1) is 0 Å². The van der Waals surface area contributed by atoms with E-state index in [0.29, 0.717) is 0 Å². The average Bonchev–Trinajstić information content (AvgIpc) is 3.45. The lowest BCUT2D eigenvalue weighted by Crippen LogP contribution is -2.12. The predicted molar refractivity (Wildman–Crippen MR) is 305 cm³/mol. The minimum Gasteiger partial charge on any atom is -0.356 e. The minimum atomic E-state index is 1.00. The first kappa shape index (κ1) is 44.7. The van der Waals surface area contributed by atoms with E-state index in [0.717, 1.165) is 91.0 Å². The van der Waals surface area contributed by atoms with Crippen LogP contribution in [0.1, 0.15) is 0 Å². The highest BCUT2D eigenvalue weighted by molar-refractivity contribution is 5.84. The van der Waals surface area contributed by atoms with Gasteiger partial charge in [-0.15, -0.1) is 0 Å². The Kier molecular flexibility index (Phi) is 13.2. The molecule has 0 amide bonds. The van der Waals surface area contributed by atoms with Crippen molar-refractivity contribution in [3.05, 3.63) is 303 Å². The van der Waals surface area contributed by atoms with Crippen LogP contribution in [0.2, 0.25) is 0 Å². The molecule has 72 heavy (non-hydrogen) atoms. The molecule has 0 unspecified atom stereocenters. The topological polar surface area (TPSA) is 37.0 Å². The van der Waals surface area contributed by atoms with E-state index in [2.05, 4.69) is 334 Å². The van der Waals surface area contributed by atoms with Gasteiger partial charge in [0.05, 0.1) is 0 Å². The van der Waals surface area contributed by atoms with Gasteiger partial charge in [0.25, 0.3) is 0 Å². The standard InChI is InChI=1S/C66H52N6/c1-7-19-55(20-8-1)69(56-21-9-2-10-22-56)63-43-47-65(48-44-63)71(59-27-15-5-16-28-59)61-39-35-53(36-40-61)67-51-31-33-52(34-32-51)68-54-37-41-62(42-38-54)72(60-29-17-6-18-30-60)66-49-45-64(46-50-66)70(57-23-11-3-12-24-57)58-25-13-4-14-26-58/h1-50,67-68H. The van der Waals surface area contributed by atoms with Gasteiger partial charge in [-0.05, 0) is 194 Å². The monoisotopic (exact) mass is 928 g/mol. The number of rotatable bonds is 16. The van der Waals surface area contributed by atoms with E-state index >= 15 is 0 Å². The van der Waals surface area contributed by atoms with Crippen molar-refractivity contribution in [2.45, 2.75) is 0 Å². The molecule has 11 aromatic rings. The molecule has 346 valence electrons. The first-order valence-corrected chi connectivity index (χ1v) is 24.3. The van der Waals surface area contributed by atoms with Gasteiger partial charge in [0.1, 0.15) is 0 Å². The second-order valence-electron chi connectivity index (χ2n) is 17.3. The summed E-state index contributed by atoms with van der Waals surface area (Å²) in [6, 6.07) is 106. The highest BCUT2D eigenvalue weighted by atomic mass is 15.2. The average molecular weight is 929 g/mol. The molecule has 11 rings (SSSR count). The SMILES string of the molecule is c1ccc(N(c2ccccc2)c2ccc(N(c3ccccc3)c3ccc(Nc4ccc(Nc5ccc(N(c6ccccc6)c6ccc(N(c7ccccc7)c7ccccc7)cc6)cc5)cc4)cc3)cc2)cc1. The molecular formula is C66H52N6. The molecule has 0 atom stereocenters. The Hall–Kier alpha value is -9.78. The first-order chi connectivity index (χ1) is 35.7. The lowest BCUT2D eigenvalue weighted by Gasteiger charge is -2.28. The molecule has 11 aromatic carbocycles. The maximum absolute atomic E-state index is 3.61. The quantitative estimate of drug-likeness (QED) is 0.101. The molecule has 0 saturated carbocycles. The predicted octanol–water partition coefficient (Wildman–Crippen LogP) is 19.1. The molecular weight excluding hydrogens is 877 g/mol. The summed E-state index contributed by atoms with van der Waals surface area (Å²) < 4.78 is 0. The Morgan fingerprint density at radius 2 is 0.264 bits per heavy atom. The van der Waals surface area contributed by atoms with E-state index in [1.807, 2.05) is 0 Å². The summed E-state index contributed by atoms with van der Waals surface area (Å²) in [5.41, 5.74) is 17.0. The lowest BCUT2D eigenvalue weighted by atomic mass is 10.1. The van der Waals surface area contributed by atoms with Crippen LogP contribution in [0.25, 0.3) is 0 Å². The summed E-state index contributed by atoms with van der Waals surface area (Å²) in [7, 11) is 0. The number of nitrogens with zero attached hydrogens (tertiary/aromatic N) is 4. The summed E-state index contributed by atoms with van der Waals surface area (Å²) >= 11 is 0. The van der Waals surface area contributed by atoms with Crippen LogP contribution < -0.4 is 30.2 Å². The molecule has 0 radical (unpaired) electrons. The van der Waals surface area contributed by atoms with Crippen molar-refractivity contribution in [1.82, 2.24) is 0 Å². The smallest absolute Gasteiger partial charge is 0.0463 e. The molecule has 0 heterocycles. The number of benzene rings is 11. The van der Waals surface area contributed by atoms with Gasteiger partial charge in [-0.2, -0.15) is 0 Å². The summed E-state index contributed by atoms with van der Waals surface area (Å²) in [6.07, 6.45) is 0. The van der Waals surface area contributed by atoms with Gasteiger partial charge >= 0.3 is 0 Å². The maximum atomic E-state index is 3.61. The highest BCUT2D eigenvalue weighted by Crippen LogP contribution is 2.41. The molecule has 0 saturated heterocycles. The van der Waals surface area contributed by atoms with Crippen LogP contribution in [-0.2, 0) is 0 Å². The van der Waals surface area contributed by atoms with Gasteiger partial charge in [-0.3, -0.25) is 0 Å². The lowest BCUT2D eigenvalue weighted by molar-refractivity contribution is 1.26. The summed E-state index contributed by atoms with van der Waals surface area (Å²) in [6.45, 7) is 0. The fourth-order valence-electron chi connectivity index (χ4n) is 9.11. The van der Waals surface area contributed by atoms with Gasteiger partial charge in [-0.1, -0.05) is 109 Å². The zero-order valence-electron chi connectivity index (χ0n) is 39.7. The van der Waals surface area contributed by atoms with Crippen molar-refractivity contribution in [3.63, 3.8) is 0 Å². The van der Waals surface area contributed by atoms with Crippen molar-refractivity contribution < 1.29 is 0 Å². The van der Waals surface area contributed by atoms with Crippen LogP contribution in [-0.4, -0.2) is 0 Å². The number of hydrogen-bond donors (Lipinski definition) is 2. The van der Waals surface area contributed by atoms with Gasteiger partial charge in [0.2, 0.25) is 0 Å². The molecule has 6 nitrogen and oxygen atoms in total. The second-order valence-corrected chi connectivity index (χ2v) is 17.3. The molecule has 2 N–H and O–H groups in total. The van der Waals surface area contributed by atoms with Crippen molar-refractivity contribution in [2.24, 2.45) is 0 Å². The molecule has 0 aliphatic heterocycles. The third-order valence-corrected chi connectivity index (χ3v) is 12.5. The minimum absolute atomic E-state index is 1.00. The van der Waals surface area contributed by atoms with Crippen LogP contribution >= 0.6 is 0 Å². The largest absolute Gasteiger partial charge is 0.356 e. The number of hydrogen-bond acceptors (Lipinski definition) is 6. The van der Waals surface area contributed by atoms with Gasteiger partial charge in [0.15, 0.2) is 0 Å². The fraction of sp³-hybridized carbons (Fsp3) is 0. The van der Waals surface area contributed by atoms with Crippen molar-refractivity contribution in [3.8, 4) is 0 Å². The van der Waals surface area contributed by atoms with Crippen LogP contribution in [0.3, 0.4) is 0 Å². The molecule has 0 bridgehead atoms. The number of nitrogens with one attached hydrogen (secondary N) is 2. The Morgan fingerprint density at radius 1 is 0.139 bits per heavy atom. The van der Waals surface area contributed by atoms with E-state index in [4.69, 9.17) is 0 Å². The molecule has 0 fully saturated rings. The third kappa shape index (κ3) is 10.2. The Balaban J connectivity index is 0.775. The molecule has 6 heteroatoms. The van der Waals surface area contributed by atoms with Gasteiger partial charge < -0.3 is 30.2 Å². The van der Waals surface area contributed by atoms with Crippen molar-refractivity contribution in [1.29, 1.82) is 0 Å². The Morgan fingerprint density at radius 3 is 0.431 bits per heavy atom. The summed E-state index contributed by atoms with van der Waals surface area (Å²) in [4.78, 5) is 9.15. The molecule has 0 aliphatic carbocycles. The Labute approximate surface area is 422 Å². The van der Waals surface area contributed by atoms with Crippen LogP contribution in [0.5, 0.6) is 0 Å². The highest BCUT2D eigenvalue weighted by Gasteiger charge is 2.18. The zero-order chi connectivity index (χ0) is 48.3. The normalized spacial score (nSPS) is 10.8. The molecule has 0 aromatic heterocycles. The van der Waals surface area contributed by atoms with Gasteiger partial charge in [-0.25, -0.2) is 0 Å². The summed E-state index contributed by atoms with van der Waals surface area (Å²) in [5.74, 6) is 0. The van der Waals surface area contributed by atoms with Crippen molar-refractivity contribution in [2.75, 3.05) is 30.2 Å². The van der Waals surface area contributed by atoms with Gasteiger partial charge in [0, 0.05) is 91.0 Å². The molecule has 0 spiro atoms. The number of anilines is 16. The van der Waals surface area contributed by atoms with Crippen LogP contribution in [0.15, 0.2) is 303 Å². The van der Waals surface area contributed by atoms with E-state index in [-0.39, 0.29) is 0 Å². The third-order valence-electron chi connectivity index (χ3n) is 12.5. The zero-order valence-corrected chi connectivity index (χ0v) is 39.7. The van der Waals surface area contributed by atoms with E-state index < -0.39 is 0 Å². The number of para-hydroxylation sites is 6. The van der Waals surface area contributed by atoms with E-state index in [1.54, 1.807) is 0 Å². The van der Waals surface area contributed by atoms with E-state index in [9.17, 15) is 0 Å². The fourth-order valence-corrected chi connectivity index (χ4v) is 9.11. The first-order valence-electron chi connectivity index (χ1n) is 24.3. The Bertz CT molecular complexity index is 3080. The molecule has 0 aliphatic rings. The second kappa shape index (κ2) is 21.2. The van der Waals surface area contributed by atoms with Crippen molar-refractivity contribution >= 4 is 91.0 Å². The van der Waals surface area contributed by atoms with E-state index in [1.165, 1.54) is 0 Å². The van der Waals surface area contributed by atoms with Crippen LogP contribution in [0.4, 0.5) is 91.0 Å². The maximum Gasteiger partial charge on any atom is 0.0463 e.